The predicted molar refractivity (Wildman–Crippen MR) is 74.3 cm³/mol. The van der Waals surface area contributed by atoms with Crippen LogP contribution in [0.4, 0.5) is 0 Å². The molecule has 0 saturated carbocycles. The van der Waals surface area contributed by atoms with Crippen LogP contribution in [-0.2, 0) is 11.3 Å². The number of aromatic nitrogens is 2. The van der Waals surface area contributed by atoms with Crippen molar-refractivity contribution < 1.29 is 13.9 Å². The van der Waals surface area contributed by atoms with E-state index < -0.39 is 5.97 Å². The number of hydrogen-bond donors (Lipinski definition) is 0. The number of carbonyl (C=O) groups is 1. The van der Waals surface area contributed by atoms with Crippen LogP contribution in [-0.4, -0.2) is 15.4 Å². The first kappa shape index (κ1) is 13.4. The molecule has 3 rings (SSSR count). The molecule has 0 amide bonds. The number of nitrogens with zero attached hydrogens (tertiary/aromatic N) is 2. The average Bonchev–Trinajstić information content (AvgIpc) is 3.00. The maximum absolute atomic E-state index is 11.9. The normalized spacial score (nSPS) is 10.7. The standard InChI is InChI=1S/C14H9ClN2O4/c15-10-1-2-12-16-11(5-13(18)17(12)6-10)8-21-14(19)9-3-4-20-7-9/h1-7H,8H2. The Hall–Kier alpha value is -2.60. The maximum Gasteiger partial charge on any atom is 0.341 e. The molecule has 0 aliphatic rings. The zero-order chi connectivity index (χ0) is 14.8. The van der Waals surface area contributed by atoms with E-state index in [9.17, 15) is 9.59 Å². The summed E-state index contributed by atoms with van der Waals surface area (Å²) in [6.07, 6.45) is 4.14. The highest BCUT2D eigenvalue weighted by Gasteiger charge is 2.10. The lowest BCUT2D eigenvalue weighted by molar-refractivity contribution is 0.0467. The van der Waals surface area contributed by atoms with E-state index in [0.29, 0.717) is 21.9 Å². The molecular weight excluding hydrogens is 296 g/mol. The van der Waals surface area contributed by atoms with Crippen LogP contribution < -0.4 is 5.56 Å². The minimum Gasteiger partial charge on any atom is -0.472 e. The molecule has 0 bridgehead atoms. The molecule has 3 aromatic rings. The molecule has 0 atom stereocenters. The maximum atomic E-state index is 11.9. The van der Waals surface area contributed by atoms with Gasteiger partial charge in [0.25, 0.3) is 5.56 Å². The summed E-state index contributed by atoms with van der Waals surface area (Å²) < 4.78 is 11.2. The number of esters is 1. The molecule has 0 aliphatic heterocycles. The third kappa shape index (κ3) is 2.80. The van der Waals surface area contributed by atoms with Gasteiger partial charge in [-0.25, -0.2) is 9.78 Å². The molecule has 0 N–H and O–H groups in total. The average molecular weight is 305 g/mol. The number of rotatable bonds is 3. The van der Waals surface area contributed by atoms with Crippen molar-refractivity contribution in [2.45, 2.75) is 6.61 Å². The summed E-state index contributed by atoms with van der Waals surface area (Å²) in [5.74, 6) is -0.540. The van der Waals surface area contributed by atoms with Gasteiger partial charge in [-0.3, -0.25) is 9.20 Å². The van der Waals surface area contributed by atoms with Crippen molar-refractivity contribution in [3.63, 3.8) is 0 Å². The first-order valence-electron chi connectivity index (χ1n) is 6.01. The fourth-order valence-corrected chi connectivity index (χ4v) is 1.96. The third-order valence-corrected chi connectivity index (χ3v) is 3.01. The van der Waals surface area contributed by atoms with Gasteiger partial charge in [0.1, 0.15) is 18.5 Å². The van der Waals surface area contributed by atoms with Crippen molar-refractivity contribution in [2.24, 2.45) is 0 Å². The summed E-state index contributed by atoms with van der Waals surface area (Å²) in [4.78, 5) is 27.8. The van der Waals surface area contributed by atoms with Crippen molar-refractivity contribution in [3.05, 3.63) is 69.6 Å². The van der Waals surface area contributed by atoms with Crippen molar-refractivity contribution >= 4 is 23.2 Å². The molecule has 7 heteroatoms. The second kappa shape index (κ2) is 5.41. The van der Waals surface area contributed by atoms with Crippen LogP contribution in [0.5, 0.6) is 0 Å². The van der Waals surface area contributed by atoms with E-state index >= 15 is 0 Å². The lowest BCUT2D eigenvalue weighted by Gasteiger charge is -2.05. The summed E-state index contributed by atoms with van der Waals surface area (Å²) in [7, 11) is 0. The van der Waals surface area contributed by atoms with E-state index in [0.717, 1.165) is 0 Å². The molecule has 21 heavy (non-hydrogen) atoms. The topological polar surface area (TPSA) is 73.8 Å². The molecule has 3 heterocycles. The Morgan fingerprint density at radius 2 is 2.24 bits per heavy atom. The molecule has 0 aromatic carbocycles. The van der Waals surface area contributed by atoms with Crippen LogP contribution >= 0.6 is 11.6 Å². The van der Waals surface area contributed by atoms with Gasteiger partial charge in [0.05, 0.1) is 22.5 Å². The second-order valence-electron chi connectivity index (χ2n) is 4.25. The summed E-state index contributed by atoms with van der Waals surface area (Å²) in [5.41, 5.74) is 0.802. The highest BCUT2D eigenvalue weighted by Crippen LogP contribution is 2.09. The Labute approximate surface area is 123 Å². The quantitative estimate of drug-likeness (QED) is 0.694. The number of halogens is 1. The molecule has 0 unspecified atom stereocenters. The SMILES string of the molecule is O=C(OCc1cc(=O)n2cc(Cl)ccc2n1)c1ccoc1. The minimum atomic E-state index is -0.540. The van der Waals surface area contributed by atoms with Crippen molar-refractivity contribution in [1.82, 2.24) is 9.38 Å². The van der Waals surface area contributed by atoms with Gasteiger partial charge < -0.3 is 9.15 Å². The monoisotopic (exact) mass is 304 g/mol. The number of pyridine rings is 1. The zero-order valence-corrected chi connectivity index (χ0v) is 11.4. The molecule has 0 saturated heterocycles. The first-order chi connectivity index (χ1) is 10.1. The van der Waals surface area contributed by atoms with Crippen LogP contribution in [0.15, 0.2) is 52.2 Å². The van der Waals surface area contributed by atoms with Crippen LogP contribution in [0.1, 0.15) is 16.1 Å². The summed E-state index contributed by atoms with van der Waals surface area (Å²) in [6, 6.07) is 6.04. The number of hydrogen-bond acceptors (Lipinski definition) is 5. The van der Waals surface area contributed by atoms with Gasteiger partial charge in [-0.05, 0) is 18.2 Å². The van der Waals surface area contributed by atoms with Gasteiger partial charge in [0.2, 0.25) is 0 Å². The fourth-order valence-electron chi connectivity index (χ4n) is 1.80. The van der Waals surface area contributed by atoms with E-state index in [1.807, 2.05) is 0 Å². The molecular formula is C14H9ClN2O4. The predicted octanol–water partition coefficient (Wildman–Crippen LogP) is 2.30. The summed E-state index contributed by atoms with van der Waals surface area (Å²) in [6.45, 7) is -0.0988. The Morgan fingerprint density at radius 3 is 3.00 bits per heavy atom. The van der Waals surface area contributed by atoms with E-state index in [2.05, 4.69) is 4.98 Å². The molecule has 0 fully saturated rings. The Morgan fingerprint density at radius 1 is 1.38 bits per heavy atom. The van der Waals surface area contributed by atoms with Crippen LogP contribution in [0.3, 0.4) is 0 Å². The second-order valence-corrected chi connectivity index (χ2v) is 4.69. The highest BCUT2D eigenvalue weighted by atomic mass is 35.5. The van der Waals surface area contributed by atoms with Crippen LogP contribution in [0.25, 0.3) is 5.65 Å². The van der Waals surface area contributed by atoms with E-state index in [-0.39, 0.29) is 12.2 Å². The molecule has 6 nitrogen and oxygen atoms in total. The first-order valence-corrected chi connectivity index (χ1v) is 6.38. The van der Waals surface area contributed by atoms with Gasteiger partial charge in [-0.2, -0.15) is 0 Å². The molecule has 0 spiro atoms. The Balaban J connectivity index is 1.83. The zero-order valence-electron chi connectivity index (χ0n) is 10.7. The van der Waals surface area contributed by atoms with Crippen molar-refractivity contribution in [3.8, 4) is 0 Å². The van der Waals surface area contributed by atoms with Gasteiger partial charge >= 0.3 is 5.97 Å². The van der Waals surface area contributed by atoms with Gasteiger partial charge in [0, 0.05) is 12.3 Å². The van der Waals surface area contributed by atoms with Crippen LogP contribution in [0, 0.1) is 0 Å². The molecule has 0 aliphatic carbocycles. The van der Waals surface area contributed by atoms with E-state index in [1.165, 1.54) is 35.3 Å². The lowest BCUT2D eigenvalue weighted by Crippen LogP contribution is -2.16. The highest BCUT2D eigenvalue weighted by molar-refractivity contribution is 6.30. The third-order valence-electron chi connectivity index (χ3n) is 2.78. The molecule has 106 valence electrons. The Bertz CT molecular complexity index is 855. The van der Waals surface area contributed by atoms with Crippen molar-refractivity contribution in [2.75, 3.05) is 0 Å². The van der Waals surface area contributed by atoms with Crippen LogP contribution in [0.2, 0.25) is 5.02 Å². The molecule has 0 radical (unpaired) electrons. The number of furan rings is 1. The number of ether oxygens (including phenoxy) is 1. The summed E-state index contributed by atoms with van der Waals surface area (Å²) in [5, 5.41) is 0.436. The van der Waals surface area contributed by atoms with Gasteiger partial charge in [0.15, 0.2) is 0 Å². The number of fused-ring (bicyclic) bond motifs is 1. The minimum absolute atomic E-state index is 0.0988. The summed E-state index contributed by atoms with van der Waals surface area (Å²) >= 11 is 5.82. The van der Waals surface area contributed by atoms with E-state index in [1.54, 1.807) is 12.1 Å². The Kier molecular flexibility index (Phi) is 3.45. The van der Waals surface area contributed by atoms with E-state index in [4.69, 9.17) is 20.8 Å². The smallest absolute Gasteiger partial charge is 0.341 e. The number of carbonyl (C=O) groups excluding carboxylic acids is 1. The van der Waals surface area contributed by atoms with Gasteiger partial charge in [-0.1, -0.05) is 11.6 Å². The fraction of sp³-hybridized carbons (Fsp3) is 0.0714. The van der Waals surface area contributed by atoms with Crippen molar-refractivity contribution in [1.29, 1.82) is 0 Å². The lowest BCUT2D eigenvalue weighted by atomic mass is 10.3. The molecule has 3 aromatic heterocycles. The largest absolute Gasteiger partial charge is 0.472 e. The van der Waals surface area contributed by atoms with Gasteiger partial charge in [-0.15, -0.1) is 0 Å².